The van der Waals surface area contributed by atoms with Crippen molar-refractivity contribution in [3.63, 3.8) is 0 Å². The second-order valence-electron chi connectivity index (χ2n) is 9.08. The van der Waals surface area contributed by atoms with Crippen molar-refractivity contribution in [1.82, 2.24) is 25.0 Å². The Morgan fingerprint density at radius 2 is 2.10 bits per heavy atom. The Kier molecular flexibility index (Phi) is 5.10. The van der Waals surface area contributed by atoms with E-state index in [0.29, 0.717) is 6.42 Å². The molecule has 2 saturated heterocycles. The zero-order valence-corrected chi connectivity index (χ0v) is 18.2. The van der Waals surface area contributed by atoms with Crippen molar-refractivity contribution in [2.75, 3.05) is 13.1 Å². The summed E-state index contributed by atoms with van der Waals surface area (Å²) in [6.07, 6.45) is 6.36. The highest BCUT2D eigenvalue weighted by Gasteiger charge is 2.49. The SMILES string of the molecule is Cc1cc(C)n(-c2cccc(CN3C[C@@H](c4cccnc4)[C@@]4(CCCC(=O)N4)C3)c2)n1. The van der Waals surface area contributed by atoms with E-state index in [1.54, 1.807) is 0 Å². The fourth-order valence-corrected chi connectivity index (χ4v) is 5.42. The van der Waals surface area contributed by atoms with Gasteiger partial charge >= 0.3 is 0 Å². The third kappa shape index (κ3) is 3.88. The monoisotopic (exact) mass is 415 g/mol. The third-order valence-electron chi connectivity index (χ3n) is 6.69. The Hall–Kier alpha value is -2.99. The quantitative estimate of drug-likeness (QED) is 0.708. The Balaban J connectivity index is 1.41. The minimum absolute atomic E-state index is 0.175. The summed E-state index contributed by atoms with van der Waals surface area (Å²) in [5.74, 6) is 0.429. The van der Waals surface area contributed by atoms with Crippen LogP contribution in [0.5, 0.6) is 0 Å². The maximum absolute atomic E-state index is 12.3. The van der Waals surface area contributed by atoms with Crippen LogP contribution in [0.4, 0.5) is 0 Å². The van der Waals surface area contributed by atoms with Crippen LogP contribution in [0.3, 0.4) is 0 Å². The zero-order chi connectivity index (χ0) is 21.4. The van der Waals surface area contributed by atoms with Gasteiger partial charge in [-0.15, -0.1) is 0 Å². The molecule has 2 aliphatic rings. The molecular formula is C25H29N5O. The van der Waals surface area contributed by atoms with Gasteiger partial charge in [-0.25, -0.2) is 4.68 Å². The van der Waals surface area contributed by atoms with Gasteiger partial charge in [-0.3, -0.25) is 14.7 Å². The number of likely N-dealkylation sites (tertiary alicyclic amines) is 1. The van der Waals surface area contributed by atoms with Crippen LogP contribution in [-0.2, 0) is 11.3 Å². The summed E-state index contributed by atoms with van der Waals surface area (Å²) < 4.78 is 2.00. The number of nitrogens with one attached hydrogen (secondary N) is 1. The highest BCUT2D eigenvalue weighted by molar-refractivity contribution is 5.78. The topological polar surface area (TPSA) is 63.1 Å². The molecule has 31 heavy (non-hydrogen) atoms. The average molecular weight is 416 g/mol. The van der Waals surface area contributed by atoms with Crippen LogP contribution in [0.1, 0.15) is 47.7 Å². The maximum atomic E-state index is 12.3. The Morgan fingerprint density at radius 3 is 2.84 bits per heavy atom. The number of pyridine rings is 1. The number of aryl methyl sites for hydroxylation is 2. The molecule has 2 fully saturated rings. The van der Waals surface area contributed by atoms with E-state index in [0.717, 1.165) is 49.6 Å². The van der Waals surface area contributed by atoms with Crippen LogP contribution in [0, 0.1) is 13.8 Å². The van der Waals surface area contributed by atoms with Gasteiger partial charge in [0.25, 0.3) is 0 Å². The lowest BCUT2D eigenvalue weighted by Gasteiger charge is -2.39. The number of hydrogen-bond donors (Lipinski definition) is 1. The highest BCUT2D eigenvalue weighted by atomic mass is 16.1. The molecule has 0 aliphatic carbocycles. The molecule has 2 aliphatic heterocycles. The van der Waals surface area contributed by atoms with Gasteiger partial charge in [0.15, 0.2) is 0 Å². The number of carbonyl (C=O) groups is 1. The molecule has 1 spiro atoms. The van der Waals surface area contributed by atoms with Crippen molar-refractivity contribution in [2.45, 2.75) is 51.1 Å². The molecule has 160 valence electrons. The van der Waals surface area contributed by atoms with Crippen LogP contribution >= 0.6 is 0 Å². The number of carbonyl (C=O) groups excluding carboxylic acids is 1. The molecule has 0 bridgehead atoms. The molecule has 6 heteroatoms. The third-order valence-corrected chi connectivity index (χ3v) is 6.69. The molecule has 5 rings (SSSR count). The molecule has 2 atom stereocenters. The molecule has 3 aromatic rings. The molecule has 1 amide bonds. The number of hydrogen-bond acceptors (Lipinski definition) is 4. The molecule has 1 aromatic carbocycles. The van der Waals surface area contributed by atoms with Crippen molar-refractivity contribution >= 4 is 5.91 Å². The number of amides is 1. The second kappa shape index (κ2) is 7.93. The number of benzene rings is 1. The minimum Gasteiger partial charge on any atom is -0.349 e. The number of rotatable bonds is 4. The molecule has 6 nitrogen and oxygen atoms in total. The molecular weight excluding hydrogens is 386 g/mol. The first kappa shape index (κ1) is 19.9. The van der Waals surface area contributed by atoms with E-state index in [1.807, 2.05) is 30.1 Å². The highest BCUT2D eigenvalue weighted by Crippen LogP contribution is 2.41. The summed E-state index contributed by atoms with van der Waals surface area (Å²) in [6, 6.07) is 14.9. The molecule has 2 aromatic heterocycles. The van der Waals surface area contributed by atoms with Crippen molar-refractivity contribution in [1.29, 1.82) is 0 Å². The van der Waals surface area contributed by atoms with Gasteiger partial charge in [-0.05, 0) is 62.1 Å². The van der Waals surface area contributed by atoms with Crippen molar-refractivity contribution in [2.24, 2.45) is 0 Å². The van der Waals surface area contributed by atoms with Crippen molar-refractivity contribution < 1.29 is 4.79 Å². The number of piperidine rings is 1. The standard InChI is InChI=1S/C25H29N5O/c1-18-12-19(2)30(28-18)22-8-3-6-20(13-22)15-29-16-23(21-7-5-11-26-14-21)25(17-29)10-4-9-24(31)27-25/h3,5-8,11-14,23H,4,9-10,15-17H2,1-2H3,(H,27,31)/t23-,25+/m0/s1. The van der Waals surface area contributed by atoms with Gasteiger partial charge < -0.3 is 5.32 Å². The molecule has 1 N–H and O–H groups in total. The van der Waals surface area contributed by atoms with Gasteiger partial charge in [-0.1, -0.05) is 18.2 Å². The van der Waals surface area contributed by atoms with Crippen LogP contribution in [0.15, 0.2) is 54.9 Å². The van der Waals surface area contributed by atoms with Gasteiger partial charge in [0.05, 0.1) is 16.9 Å². The first-order chi connectivity index (χ1) is 15.0. The first-order valence-corrected chi connectivity index (χ1v) is 11.1. The fourth-order valence-electron chi connectivity index (χ4n) is 5.42. The minimum atomic E-state index is -0.203. The van der Waals surface area contributed by atoms with Gasteiger partial charge in [-0.2, -0.15) is 5.10 Å². The molecule has 0 radical (unpaired) electrons. The Bertz CT molecular complexity index is 1090. The average Bonchev–Trinajstić information content (AvgIpc) is 3.27. The lowest BCUT2D eigenvalue weighted by atomic mass is 9.77. The smallest absolute Gasteiger partial charge is 0.220 e. The zero-order valence-electron chi connectivity index (χ0n) is 18.2. The maximum Gasteiger partial charge on any atom is 0.220 e. The summed E-state index contributed by atoms with van der Waals surface area (Å²) in [5, 5.41) is 8.01. The fraction of sp³-hybridized carbons (Fsp3) is 0.400. The van der Waals surface area contributed by atoms with E-state index < -0.39 is 0 Å². The number of nitrogens with zero attached hydrogens (tertiary/aromatic N) is 4. The predicted molar refractivity (Wildman–Crippen MR) is 120 cm³/mol. The summed E-state index contributed by atoms with van der Waals surface area (Å²) in [5.41, 5.74) is 5.52. The first-order valence-electron chi connectivity index (χ1n) is 11.1. The van der Waals surface area contributed by atoms with E-state index in [4.69, 9.17) is 0 Å². The molecule has 0 unspecified atom stereocenters. The van der Waals surface area contributed by atoms with Crippen molar-refractivity contribution in [3.05, 3.63) is 77.4 Å². The largest absolute Gasteiger partial charge is 0.349 e. The van der Waals surface area contributed by atoms with E-state index >= 15 is 0 Å². The van der Waals surface area contributed by atoms with Crippen LogP contribution in [-0.4, -0.2) is 44.2 Å². The van der Waals surface area contributed by atoms with Gasteiger partial charge in [0.2, 0.25) is 5.91 Å². The Morgan fingerprint density at radius 1 is 1.19 bits per heavy atom. The van der Waals surface area contributed by atoms with E-state index in [9.17, 15) is 4.79 Å². The van der Waals surface area contributed by atoms with Gasteiger partial charge in [0, 0.05) is 50.1 Å². The summed E-state index contributed by atoms with van der Waals surface area (Å²) in [7, 11) is 0. The van der Waals surface area contributed by atoms with E-state index in [2.05, 4.69) is 63.6 Å². The van der Waals surface area contributed by atoms with Crippen LogP contribution in [0.25, 0.3) is 5.69 Å². The lowest BCUT2D eigenvalue weighted by Crippen LogP contribution is -2.56. The predicted octanol–water partition coefficient (Wildman–Crippen LogP) is 3.52. The summed E-state index contributed by atoms with van der Waals surface area (Å²) in [6.45, 7) is 6.73. The van der Waals surface area contributed by atoms with Crippen LogP contribution < -0.4 is 5.32 Å². The Labute approximate surface area is 183 Å². The summed E-state index contributed by atoms with van der Waals surface area (Å²) >= 11 is 0. The van der Waals surface area contributed by atoms with E-state index in [1.165, 1.54) is 11.1 Å². The lowest BCUT2D eigenvalue weighted by molar-refractivity contribution is -0.125. The molecule has 4 heterocycles. The van der Waals surface area contributed by atoms with Crippen molar-refractivity contribution in [3.8, 4) is 5.69 Å². The van der Waals surface area contributed by atoms with Crippen LogP contribution in [0.2, 0.25) is 0 Å². The second-order valence-corrected chi connectivity index (χ2v) is 9.08. The molecule has 0 saturated carbocycles. The number of aromatic nitrogens is 3. The van der Waals surface area contributed by atoms with E-state index in [-0.39, 0.29) is 17.4 Å². The normalized spacial score (nSPS) is 23.9. The summed E-state index contributed by atoms with van der Waals surface area (Å²) in [4.78, 5) is 19.2. The van der Waals surface area contributed by atoms with Gasteiger partial charge in [0.1, 0.15) is 0 Å².